The minimum absolute atomic E-state index is 0.0371. The highest BCUT2D eigenvalue weighted by Gasteiger charge is 2.24. The minimum Gasteiger partial charge on any atom is -0.497 e. The fourth-order valence-corrected chi connectivity index (χ4v) is 2.44. The average Bonchev–Trinajstić information content (AvgIpc) is 3.10. The lowest BCUT2D eigenvalue weighted by atomic mass is 10.1. The molecule has 0 radical (unpaired) electrons. The maximum Gasteiger partial charge on any atom is 0.333 e. The van der Waals surface area contributed by atoms with Gasteiger partial charge in [-0.05, 0) is 12.1 Å². The molecule has 0 spiro atoms. The van der Waals surface area contributed by atoms with Crippen LogP contribution in [0.15, 0.2) is 36.2 Å². The van der Waals surface area contributed by atoms with Crippen molar-refractivity contribution in [2.45, 2.75) is 0 Å². The van der Waals surface area contributed by atoms with Crippen LogP contribution in [0.3, 0.4) is 0 Å². The molecule has 2 heterocycles. The number of aryl methyl sites for hydroxylation is 1. The first kappa shape index (κ1) is 14.8. The number of ether oxygens (including phenoxy) is 2. The zero-order chi connectivity index (χ0) is 16.6. The third-order valence-corrected chi connectivity index (χ3v) is 3.58. The van der Waals surface area contributed by atoms with Gasteiger partial charge in [0.2, 0.25) is 0 Å². The summed E-state index contributed by atoms with van der Waals surface area (Å²) in [6.07, 6.45) is 2.75. The van der Waals surface area contributed by atoms with Crippen molar-refractivity contribution < 1.29 is 23.9 Å². The van der Waals surface area contributed by atoms with E-state index >= 15 is 0 Å². The van der Waals surface area contributed by atoms with Gasteiger partial charge in [-0.2, -0.15) is 0 Å². The molecule has 0 unspecified atom stereocenters. The Morgan fingerprint density at radius 1 is 1.35 bits per heavy atom. The monoisotopic (exact) mass is 314 g/mol. The van der Waals surface area contributed by atoms with Crippen LogP contribution in [0.5, 0.6) is 5.75 Å². The quantitative estimate of drug-likeness (QED) is 0.515. The molecule has 7 heteroatoms. The van der Waals surface area contributed by atoms with Crippen molar-refractivity contribution in [3.63, 3.8) is 0 Å². The summed E-state index contributed by atoms with van der Waals surface area (Å²) in [5, 5.41) is 3.05. The van der Waals surface area contributed by atoms with Crippen LogP contribution < -0.4 is 10.1 Å². The highest BCUT2D eigenvalue weighted by Crippen LogP contribution is 2.25. The fraction of sp³-hybridized carbons (Fsp3) is 0.188. The van der Waals surface area contributed by atoms with Crippen molar-refractivity contribution in [3.8, 4) is 5.75 Å². The van der Waals surface area contributed by atoms with E-state index in [1.165, 1.54) is 0 Å². The molecule has 0 aliphatic carbocycles. The highest BCUT2D eigenvalue weighted by atomic mass is 16.5. The number of amides is 1. The molecule has 2 aromatic rings. The normalized spacial score (nSPS) is 13.7. The molecule has 1 aliphatic rings. The van der Waals surface area contributed by atoms with Crippen LogP contribution in [0.1, 0.15) is 10.4 Å². The maximum atomic E-state index is 12.4. The molecule has 0 saturated heterocycles. The number of carbonyl (C=O) groups excluding carboxylic acids is 3. The lowest BCUT2D eigenvalue weighted by Gasteiger charge is -2.03. The van der Waals surface area contributed by atoms with E-state index in [1.807, 2.05) is 0 Å². The van der Waals surface area contributed by atoms with E-state index in [0.717, 1.165) is 11.6 Å². The summed E-state index contributed by atoms with van der Waals surface area (Å²) in [5.74, 6) is -1.36. The van der Waals surface area contributed by atoms with Gasteiger partial charge in [0.05, 0.1) is 23.9 Å². The van der Waals surface area contributed by atoms with Crippen molar-refractivity contribution in [1.29, 1.82) is 0 Å². The molecule has 0 bridgehead atoms. The van der Waals surface area contributed by atoms with Gasteiger partial charge in [-0.15, -0.1) is 0 Å². The summed E-state index contributed by atoms with van der Waals surface area (Å²) in [6.45, 7) is -0.0371. The van der Waals surface area contributed by atoms with Gasteiger partial charge in [0.15, 0.2) is 0 Å². The fourth-order valence-electron chi connectivity index (χ4n) is 2.44. The molecule has 1 aliphatic heterocycles. The van der Waals surface area contributed by atoms with Crippen molar-refractivity contribution in [3.05, 3.63) is 41.7 Å². The van der Waals surface area contributed by atoms with Crippen LogP contribution in [0.25, 0.3) is 10.9 Å². The number of aromatic nitrogens is 1. The lowest BCUT2D eigenvalue weighted by Crippen LogP contribution is -2.31. The summed E-state index contributed by atoms with van der Waals surface area (Å²) in [6, 6.07) is 5.25. The molecular weight excluding hydrogens is 300 g/mol. The standard InChI is InChI=1S/C16H14N2O5/c1-18-7-12(11-4-3-10(22-2)6-13(11)18)15(20)16(21)17-9-5-14(19)23-8-9/h3-7H,8H2,1-2H3,(H,17,21). The molecule has 118 valence electrons. The van der Waals surface area contributed by atoms with Crippen LogP contribution in [0.4, 0.5) is 0 Å². The second-order valence-corrected chi connectivity index (χ2v) is 5.10. The molecule has 1 amide bonds. The number of methoxy groups -OCH3 is 1. The molecular formula is C16H14N2O5. The van der Waals surface area contributed by atoms with Gasteiger partial charge in [0.25, 0.3) is 11.7 Å². The summed E-state index contributed by atoms with van der Waals surface area (Å²) in [7, 11) is 3.34. The first-order valence-corrected chi connectivity index (χ1v) is 6.85. The van der Waals surface area contributed by atoms with E-state index < -0.39 is 17.7 Å². The van der Waals surface area contributed by atoms with Crippen molar-refractivity contribution in [2.24, 2.45) is 7.05 Å². The van der Waals surface area contributed by atoms with Crippen LogP contribution in [0.2, 0.25) is 0 Å². The molecule has 0 fully saturated rings. The van der Waals surface area contributed by atoms with Gasteiger partial charge in [0, 0.05) is 30.8 Å². The number of rotatable bonds is 4. The Morgan fingerprint density at radius 3 is 2.78 bits per heavy atom. The number of nitrogens with one attached hydrogen (secondary N) is 1. The molecule has 0 atom stereocenters. The summed E-state index contributed by atoms with van der Waals surface area (Å²) >= 11 is 0. The minimum atomic E-state index is -0.808. The smallest absolute Gasteiger partial charge is 0.333 e. The van der Waals surface area contributed by atoms with Crippen LogP contribution in [0, 0.1) is 0 Å². The number of fused-ring (bicyclic) bond motifs is 1. The Balaban J connectivity index is 1.90. The first-order valence-electron chi connectivity index (χ1n) is 6.85. The largest absolute Gasteiger partial charge is 0.497 e. The third kappa shape index (κ3) is 2.68. The average molecular weight is 314 g/mol. The number of Topliss-reactive ketones (excluding diaryl/α,β-unsaturated/α-hetero) is 1. The number of benzene rings is 1. The number of nitrogens with zero attached hydrogens (tertiary/aromatic N) is 1. The van der Waals surface area contributed by atoms with Crippen LogP contribution in [-0.4, -0.2) is 35.9 Å². The van der Waals surface area contributed by atoms with Crippen LogP contribution in [-0.2, 0) is 21.4 Å². The van der Waals surface area contributed by atoms with Crippen LogP contribution >= 0.6 is 0 Å². The number of carbonyl (C=O) groups is 3. The van der Waals surface area contributed by atoms with E-state index in [2.05, 4.69) is 10.1 Å². The van der Waals surface area contributed by atoms with Crippen molar-refractivity contribution >= 4 is 28.6 Å². The predicted octanol–water partition coefficient (Wildman–Crippen LogP) is 0.927. The number of esters is 1. The Bertz CT molecular complexity index is 863. The van der Waals surface area contributed by atoms with Gasteiger partial charge in [-0.25, -0.2) is 4.79 Å². The van der Waals surface area contributed by atoms with E-state index in [9.17, 15) is 14.4 Å². The molecule has 1 N–H and O–H groups in total. The zero-order valence-electron chi connectivity index (χ0n) is 12.6. The Morgan fingerprint density at radius 2 is 2.13 bits per heavy atom. The molecule has 3 rings (SSSR count). The lowest BCUT2D eigenvalue weighted by molar-refractivity contribution is -0.135. The second kappa shape index (κ2) is 5.60. The van der Waals surface area contributed by atoms with Crippen molar-refractivity contribution in [1.82, 2.24) is 9.88 Å². The molecule has 0 saturated carbocycles. The van der Waals surface area contributed by atoms with Gasteiger partial charge >= 0.3 is 5.97 Å². The molecule has 1 aromatic heterocycles. The van der Waals surface area contributed by atoms with Gasteiger partial charge < -0.3 is 19.4 Å². The Labute approximate surface area is 131 Å². The summed E-state index contributed by atoms with van der Waals surface area (Å²) in [4.78, 5) is 35.4. The maximum absolute atomic E-state index is 12.4. The summed E-state index contributed by atoms with van der Waals surface area (Å²) in [5.41, 5.74) is 1.34. The SMILES string of the molecule is COc1ccc2c(C(=O)C(=O)NC3=CC(=O)OC3)cn(C)c2c1. The topological polar surface area (TPSA) is 86.6 Å². The van der Waals surface area contributed by atoms with E-state index in [-0.39, 0.29) is 17.9 Å². The molecule has 7 nitrogen and oxygen atoms in total. The number of ketones is 1. The number of hydrogen-bond acceptors (Lipinski definition) is 5. The van der Waals surface area contributed by atoms with E-state index in [0.29, 0.717) is 11.1 Å². The number of cyclic esters (lactones) is 1. The predicted molar refractivity (Wildman–Crippen MR) is 81.0 cm³/mol. The molecule has 1 aromatic carbocycles. The van der Waals surface area contributed by atoms with Crippen molar-refractivity contribution in [2.75, 3.05) is 13.7 Å². The van der Waals surface area contributed by atoms with Gasteiger partial charge in [-0.3, -0.25) is 9.59 Å². The highest BCUT2D eigenvalue weighted by molar-refractivity contribution is 6.45. The summed E-state index contributed by atoms with van der Waals surface area (Å²) < 4.78 is 11.6. The van der Waals surface area contributed by atoms with E-state index in [4.69, 9.17) is 4.74 Å². The molecule has 23 heavy (non-hydrogen) atoms. The number of hydrogen-bond donors (Lipinski definition) is 1. The zero-order valence-corrected chi connectivity index (χ0v) is 12.6. The Hall–Kier alpha value is -3.09. The first-order chi connectivity index (χ1) is 11.0. The van der Waals surface area contributed by atoms with Gasteiger partial charge in [0.1, 0.15) is 12.4 Å². The van der Waals surface area contributed by atoms with E-state index in [1.54, 1.807) is 43.1 Å². The third-order valence-electron chi connectivity index (χ3n) is 3.58. The second-order valence-electron chi connectivity index (χ2n) is 5.10. The van der Waals surface area contributed by atoms with Gasteiger partial charge in [-0.1, -0.05) is 0 Å². The Kier molecular flexibility index (Phi) is 3.61.